The lowest BCUT2D eigenvalue weighted by atomic mass is 10.2. The van der Waals surface area contributed by atoms with Crippen LogP contribution in [0.25, 0.3) is 15.8 Å². The van der Waals surface area contributed by atoms with Gasteiger partial charge in [0.25, 0.3) is 5.56 Å². The number of aryl methyl sites for hydroxylation is 1. The van der Waals surface area contributed by atoms with Crippen LogP contribution in [0.5, 0.6) is 0 Å². The first-order valence-corrected chi connectivity index (χ1v) is 7.18. The molecule has 0 aliphatic carbocycles. The highest BCUT2D eigenvalue weighted by Crippen LogP contribution is 2.32. The Bertz CT molecular complexity index is 812. The van der Waals surface area contributed by atoms with Crippen molar-refractivity contribution in [2.45, 2.75) is 6.92 Å². The monoisotopic (exact) mass is 309 g/mol. The van der Waals surface area contributed by atoms with E-state index >= 15 is 0 Å². The number of benzene rings is 2. The van der Waals surface area contributed by atoms with Crippen molar-refractivity contribution in [2.24, 2.45) is 0 Å². The van der Waals surface area contributed by atoms with Crippen molar-refractivity contribution in [1.29, 1.82) is 0 Å². The minimum Gasteiger partial charge on any atom is -0.267 e. The van der Waals surface area contributed by atoms with Crippen LogP contribution in [-0.2, 0) is 0 Å². The lowest BCUT2D eigenvalue weighted by Gasteiger charge is -2.07. The largest absolute Gasteiger partial charge is 0.273 e. The summed E-state index contributed by atoms with van der Waals surface area (Å²) in [6.45, 7) is 1.91. The van der Waals surface area contributed by atoms with Crippen LogP contribution in [-0.4, -0.2) is 3.96 Å². The van der Waals surface area contributed by atoms with Crippen LogP contribution in [0, 0.1) is 6.92 Å². The number of nitrogens with zero attached hydrogens (tertiary/aromatic N) is 1. The quantitative estimate of drug-likeness (QED) is 0.640. The molecule has 0 fully saturated rings. The second kappa shape index (κ2) is 4.67. The molecule has 0 N–H and O–H groups in total. The van der Waals surface area contributed by atoms with E-state index in [0.717, 1.165) is 10.3 Å². The van der Waals surface area contributed by atoms with Gasteiger partial charge in [0.1, 0.15) is 0 Å². The van der Waals surface area contributed by atoms with Crippen molar-refractivity contribution in [3.8, 4) is 5.69 Å². The van der Waals surface area contributed by atoms with Gasteiger partial charge < -0.3 is 0 Å². The summed E-state index contributed by atoms with van der Waals surface area (Å²) in [4.78, 5) is 12.4. The molecule has 19 heavy (non-hydrogen) atoms. The summed E-state index contributed by atoms with van der Waals surface area (Å²) in [5.74, 6) is 0. The fourth-order valence-electron chi connectivity index (χ4n) is 2.01. The Morgan fingerprint density at radius 1 is 1.11 bits per heavy atom. The summed E-state index contributed by atoms with van der Waals surface area (Å²) >= 11 is 13.8. The number of hydrogen-bond acceptors (Lipinski definition) is 2. The molecule has 1 aromatic heterocycles. The summed E-state index contributed by atoms with van der Waals surface area (Å²) in [5, 5.41) is 1.65. The van der Waals surface area contributed by atoms with Gasteiger partial charge in [0.2, 0.25) is 0 Å². The van der Waals surface area contributed by atoms with Gasteiger partial charge in [0.15, 0.2) is 0 Å². The second-order valence-electron chi connectivity index (χ2n) is 4.26. The summed E-state index contributed by atoms with van der Waals surface area (Å²) in [5.41, 5.74) is 1.43. The summed E-state index contributed by atoms with van der Waals surface area (Å²) in [7, 11) is 0. The molecule has 96 valence electrons. The molecule has 1 heterocycles. The second-order valence-corrected chi connectivity index (χ2v) is 6.07. The third kappa shape index (κ3) is 2.08. The molecule has 0 saturated heterocycles. The molecule has 2 aromatic carbocycles. The van der Waals surface area contributed by atoms with Crippen molar-refractivity contribution in [3.63, 3.8) is 0 Å². The van der Waals surface area contributed by atoms with E-state index in [-0.39, 0.29) is 5.56 Å². The number of fused-ring (bicyclic) bond motifs is 1. The molecular formula is C14H9Cl2NOS. The van der Waals surface area contributed by atoms with E-state index in [2.05, 4.69) is 0 Å². The van der Waals surface area contributed by atoms with Crippen LogP contribution < -0.4 is 5.56 Å². The van der Waals surface area contributed by atoms with Crippen molar-refractivity contribution < 1.29 is 0 Å². The molecule has 0 amide bonds. The van der Waals surface area contributed by atoms with Crippen molar-refractivity contribution in [1.82, 2.24) is 3.96 Å². The number of rotatable bonds is 1. The fourth-order valence-corrected chi connectivity index (χ4v) is 3.93. The minimum absolute atomic E-state index is 0.0896. The smallest absolute Gasteiger partial charge is 0.267 e. The Labute approximate surface area is 124 Å². The first kappa shape index (κ1) is 12.7. The molecule has 0 saturated carbocycles. The normalized spacial score (nSPS) is 11.1. The van der Waals surface area contributed by atoms with Crippen LogP contribution in [0.3, 0.4) is 0 Å². The van der Waals surface area contributed by atoms with Gasteiger partial charge >= 0.3 is 0 Å². The van der Waals surface area contributed by atoms with E-state index in [0.29, 0.717) is 21.1 Å². The molecule has 0 aliphatic heterocycles. The predicted molar refractivity (Wildman–Crippen MR) is 82.2 cm³/mol. The summed E-state index contributed by atoms with van der Waals surface area (Å²) < 4.78 is 2.47. The molecule has 0 bridgehead atoms. The van der Waals surface area contributed by atoms with E-state index in [4.69, 9.17) is 23.2 Å². The van der Waals surface area contributed by atoms with Crippen molar-refractivity contribution in [3.05, 3.63) is 62.4 Å². The summed E-state index contributed by atoms with van der Waals surface area (Å²) in [6, 6.07) is 11.1. The van der Waals surface area contributed by atoms with E-state index < -0.39 is 0 Å². The van der Waals surface area contributed by atoms with Crippen LogP contribution in [0.15, 0.2) is 41.2 Å². The molecule has 0 radical (unpaired) electrons. The zero-order valence-corrected chi connectivity index (χ0v) is 12.3. The summed E-state index contributed by atoms with van der Waals surface area (Å²) in [6.07, 6.45) is 0. The number of aromatic nitrogens is 1. The minimum atomic E-state index is -0.0896. The van der Waals surface area contributed by atoms with Gasteiger partial charge in [0.05, 0.1) is 25.8 Å². The highest BCUT2D eigenvalue weighted by Gasteiger charge is 2.15. The Balaban J connectivity index is 2.37. The van der Waals surface area contributed by atoms with Gasteiger partial charge in [-0.25, -0.2) is 3.96 Å². The highest BCUT2D eigenvalue weighted by molar-refractivity contribution is 7.14. The van der Waals surface area contributed by atoms with Crippen LogP contribution in [0.1, 0.15) is 5.56 Å². The van der Waals surface area contributed by atoms with Gasteiger partial charge in [0, 0.05) is 0 Å². The van der Waals surface area contributed by atoms with E-state index in [1.807, 2.05) is 25.1 Å². The Kier molecular flexibility index (Phi) is 3.13. The van der Waals surface area contributed by atoms with Crippen LogP contribution in [0.4, 0.5) is 0 Å². The number of halogens is 2. The molecule has 0 aliphatic rings. The fraction of sp³-hybridized carbons (Fsp3) is 0.0714. The molecule has 3 rings (SSSR count). The van der Waals surface area contributed by atoms with Gasteiger partial charge in [-0.3, -0.25) is 4.79 Å². The van der Waals surface area contributed by atoms with Crippen molar-refractivity contribution in [2.75, 3.05) is 0 Å². The lowest BCUT2D eigenvalue weighted by molar-refractivity contribution is 1.14. The van der Waals surface area contributed by atoms with Crippen LogP contribution >= 0.6 is 34.7 Å². The van der Waals surface area contributed by atoms with E-state index in [1.165, 1.54) is 11.5 Å². The topological polar surface area (TPSA) is 22.0 Å². The molecular weight excluding hydrogens is 301 g/mol. The average molecular weight is 310 g/mol. The molecule has 0 unspecified atom stereocenters. The highest BCUT2D eigenvalue weighted by atomic mass is 35.5. The van der Waals surface area contributed by atoms with Gasteiger partial charge in [-0.15, -0.1) is 0 Å². The molecule has 2 nitrogen and oxygen atoms in total. The first-order valence-electron chi connectivity index (χ1n) is 5.65. The van der Waals surface area contributed by atoms with E-state index in [9.17, 15) is 4.79 Å². The maximum atomic E-state index is 12.4. The molecule has 5 heteroatoms. The van der Waals surface area contributed by atoms with Crippen LogP contribution in [0.2, 0.25) is 10.0 Å². The third-order valence-electron chi connectivity index (χ3n) is 2.86. The zero-order chi connectivity index (χ0) is 13.6. The number of hydrogen-bond donors (Lipinski definition) is 0. The van der Waals surface area contributed by atoms with Crippen molar-refractivity contribution >= 4 is 44.8 Å². The van der Waals surface area contributed by atoms with Gasteiger partial charge in [-0.2, -0.15) is 0 Å². The molecule has 0 atom stereocenters. The average Bonchev–Trinajstić information content (AvgIpc) is 2.66. The Morgan fingerprint density at radius 2 is 1.74 bits per heavy atom. The molecule has 0 spiro atoms. The van der Waals surface area contributed by atoms with Gasteiger partial charge in [-0.1, -0.05) is 46.9 Å². The maximum Gasteiger partial charge on any atom is 0.273 e. The van der Waals surface area contributed by atoms with E-state index in [1.54, 1.807) is 22.2 Å². The standard InChI is InChI=1S/C14H9Cl2NOS/c1-8-6-10(15)13(11(16)7-8)17-14(18)9-4-2-3-5-12(9)19-17/h2-7H,1H3. The lowest BCUT2D eigenvalue weighted by Crippen LogP contribution is -2.11. The third-order valence-corrected chi connectivity index (χ3v) is 4.52. The maximum absolute atomic E-state index is 12.4. The Hall–Kier alpha value is -1.29. The zero-order valence-electron chi connectivity index (χ0n) is 9.98. The first-order chi connectivity index (χ1) is 9.08. The SMILES string of the molecule is Cc1cc(Cl)c(-n2sc3ccccc3c2=O)c(Cl)c1. The predicted octanol–water partition coefficient (Wildman–Crippen LogP) is 4.67. The Morgan fingerprint density at radius 3 is 2.37 bits per heavy atom. The van der Waals surface area contributed by atoms with Gasteiger partial charge in [-0.05, 0) is 36.8 Å². The molecule has 3 aromatic rings.